The summed E-state index contributed by atoms with van der Waals surface area (Å²) in [5.74, 6) is 0.643. The maximum Gasteiger partial charge on any atom is 0.227 e. The van der Waals surface area contributed by atoms with E-state index < -0.39 is 5.41 Å². The highest BCUT2D eigenvalue weighted by Gasteiger charge is 2.46. The number of benzene rings is 9. The molecule has 0 saturated carbocycles. The molecule has 1 aromatic heterocycles. The molecule has 1 aliphatic rings. The molecule has 0 spiro atoms. The van der Waals surface area contributed by atoms with Crippen molar-refractivity contribution in [2.45, 2.75) is 5.41 Å². The van der Waals surface area contributed by atoms with Crippen LogP contribution in [0.1, 0.15) is 22.3 Å². The first-order chi connectivity index (χ1) is 25.8. The fraction of sp³-hybridized carbons (Fsp3) is 0.0200. The lowest BCUT2D eigenvalue weighted by Gasteiger charge is -2.34. The summed E-state index contributed by atoms with van der Waals surface area (Å²) in [6.45, 7) is 0. The molecule has 11 rings (SSSR count). The molecule has 2 heteroatoms. The Balaban J connectivity index is 1.14. The Kier molecular flexibility index (Phi) is 6.20. The molecule has 0 atom stereocenters. The second-order valence-electron chi connectivity index (χ2n) is 13.9. The zero-order valence-electron chi connectivity index (χ0n) is 28.3. The van der Waals surface area contributed by atoms with Gasteiger partial charge >= 0.3 is 0 Å². The van der Waals surface area contributed by atoms with Crippen LogP contribution in [-0.4, -0.2) is 4.98 Å². The molecule has 0 amide bonds. The normalized spacial score (nSPS) is 13.2. The van der Waals surface area contributed by atoms with Gasteiger partial charge in [0.2, 0.25) is 5.89 Å². The van der Waals surface area contributed by atoms with E-state index in [1.807, 2.05) is 30.3 Å². The SMILES string of the molecule is c1ccc(-c2nc3ccc4ccc5cc(-c6ccc7c(c6)C(c6ccccc6)(c6ccccc6)c6ccc8ccccc8c6-7)ccc5c4c3o2)cc1. The van der Waals surface area contributed by atoms with E-state index in [2.05, 4.69) is 158 Å². The van der Waals surface area contributed by atoms with Gasteiger partial charge in [-0.2, -0.15) is 0 Å². The van der Waals surface area contributed by atoms with Crippen LogP contribution < -0.4 is 0 Å². The predicted octanol–water partition coefficient (Wildman–Crippen LogP) is 13.0. The number of aromatic nitrogens is 1. The van der Waals surface area contributed by atoms with E-state index in [0.29, 0.717) is 5.89 Å². The van der Waals surface area contributed by atoms with Crippen molar-refractivity contribution in [1.82, 2.24) is 4.98 Å². The zero-order valence-corrected chi connectivity index (χ0v) is 28.3. The van der Waals surface area contributed by atoms with Crippen LogP contribution in [-0.2, 0) is 5.41 Å². The van der Waals surface area contributed by atoms with Gasteiger partial charge < -0.3 is 4.42 Å². The average Bonchev–Trinajstić information content (AvgIpc) is 3.79. The van der Waals surface area contributed by atoms with Gasteiger partial charge in [-0.05, 0) is 102 Å². The van der Waals surface area contributed by atoms with Crippen molar-refractivity contribution in [3.8, 4) is 33.7 Å². The third-order valence-corrected chi connectivity index (χ3v) is 11.1. The summed E-state index contributed by atoms with van der Waals surface area (Å²) in [5.41, 5.74) is 12.3. The van der Waals surface area contributed by atoms with Gasteiger partial charge in [0.25, 0.3) is 0 Å². The summed E-state index contributed by atoms with van der Waals surface area (Å²) in [7, 11) is 0. The predicted molar refractivity (Wildman–Crippen MR) is 215 cm³/mol. The van der Waals surface area contributed by atoms with Gasteiger partial charge in [-0.1, -0.05) is 158 Å². The molecule has 10 aromatic rings. The molecule has 52 heavy (non-hydrogen) atoms. The molecule has 0 fully saturated rings. The van der Waals surface area contributed by atoms with Crippen molar-refractivity contribution in [3.63, 3.8) is 0 Å². The van der Waals surface area contributed by atoms with Gasteiger partial charge in [0.1, 0.15) is 5.52 Å². The van der Waals surface area contributed by atoms with E-state index in [9.17, 15) is 0 Å². The minimum atomic E-state index is -0.478. The highest BCUT2D eigenvalue weighted by Crippen LogP contribution is 2.58. The minimum absolute atomic E-state index is 0.478. The van der Waals surface area contributed by atoms with Gasteiger partial charge in [0, 0.05) is 10.9 Å². The second-order valence-corrected chi connectivity index (χ2v) is 13.9. The third kappa shape index (κ3) is 4.09. The van der Waals surface area contributed by atoms with Crippen LogP contribution in [0.25, 0.3) is 77.1 Å². The molecule has 1 aliphatic carbocycles. The van der Waals surface area contributed by atoms with Crippen molar-refractivity contribution in [2.24, 2.45) is 0 Å². The summed E-state index contributed by atoms with van der Waals surface area (Å²) in [4.78, 5) is 4.87. The Morgan fingerprint density at radius 2 is 1.06 bits per heavy atom. The second kappa shape index (κ2) is 11.1. The molecule has 0 saturated heterocycles. The standard InChI is InChI=1S/C50H31NO/c1-4-13-34(14-5-1)49-51-45-29-25-33-20-21-37-30-35(22-26-41(37)46(33)48(45)52-49)36-23-27-42-44(31-36)50(38-15-6-2-7-16-38,39-17-8-3-9-18-39)43-28-24-32-12-10-11-19-40(32)47(42)43/h1-31H. The Hall–Kier alpha value is -6.77. The maximum atomic E-state index is 6.50. The molecule has 2 nitrogen and oxygen atoms in total. The highest BCUT2D eigenvalue weighted by molar-refractivity contribution is 6.18. The number of fused-ring (bicyclic) bond motifs is 10. The molecule has 0 radical (unpaired) electrons. The third-order valence-electron chi connectivity index (χ3n) is 11.1. The topological polar surface area (TPSA) is 26.0 Å². The van der Waals surface area contributed by atoms with E-state index in [1.54, 1.807) is 0 Å². The largest absolute Gasteiger partial charge is 0.435 e. The summed E-state index contributed by atoms with van der Waals surface area (Å²) in [6, 6.07) is 68.3. The van der Waals surface area contributed by atoms with Gasteiger partial charge in [0.05, 0.1) is 5.41 Å². The smallest absolute Gasteiger partial charge is 0.227 e. The van der Waals surface area contributed by atoms with Crippen LogP contribution in [0.4, 0.5) is 0 Å². The molecule has 9 aromatic carbocycles. The molecule has 0 unspecified atom stereocenters. The molecule has 0 bridgehead atoms. The Morgan fingerprint density at radius 3 is 1.85 bits per heavy atom. The summed E-state index contributed by atoms with van der Waals surface area (Å²) < 4.78 is 6.50. The molecule has 0 N–H and O–H groups in total. The first kappa shape index (κ1) is 29.0. The fourth-order valence-corrected chi connectivity index (χ4v) is 8.85. The molecular formula is C50H31NO. The summed E-state index contributed by atoms with van der Waals surface area (Å²) >= 11 is 0. The van der Waals surface area contributed by atoms with Gasteiger partial charge in [-0.25, -0.2) is 4.98 Å². The first-order valence-corrected chi connectivity index (χ1v) is 17.9. The quantitative estimate of drug-likeness (QED) is 0.175. The number of oxazole rings is 1. The number of rotatable bonds is 4. The van der Waals surface area contributed by atoms with Gasteiger partial charge in [-0.3, -0.25) is 0 Å². The maximum absolute atomic E-state index is 6.50. The van der Waals surface area contributed by atoms with Crippen LogP contribution in [0.5, 0.6) is 0 Å². The van der Waals surface area contributed by atoms with Crippen LogP contribution in [0.2, 0.25) is 0 Å². The molecule has 0 aliphatic heterocycles. The monoisotopic (exact) mass is 661 g/mol. The van der Waals surface area contributed by atoms with E-state index in [1.165, 1.54) is 60.7 Å². The highest BCUT2D eigenvalue weighted by atomic mass is 16.3. The molecule has 1 heterocycles. The van der Waals surface area contributed by atoms with E-state index in [0.717, 1.165) is 32.8 Å². The lowest BCUT2D eigenvalue weighted by molar-refractivity contribution is 0.623. The lowest BCUT2D eigenvalue weighted by atomic mass is 9.67. The van der Waals surface area contributed by atoms with E-state index >= 15 is 0 Å². The Bertz CT molecular complexity index is 2960. The first-order valence-electron chi connectivity index (χ1n) is 17.9. The van der Waals surface area contributed by atoms with Gasteiger partial charge in [0.15, 0.2) is 5.58 Å². The van der Waals surface area contributed by atoms with E-state index in [4.69, 9.17) is 9.40 Å². The Morgan fingerprint density at radius 1 is 0.423 bits per heavy atom. The molecule has 242 valence electrons. The van der Waals surface area contributed by atoms with Crippen molar-refractivity contribution >= 4 is 43.4 Å². The lowest BCUT2D eigenvalue weighted by Crippen LogP contribution is -2.28. The minimum Gasteiger partial charge on any atom is -0.435 e. The zero-order chi connectivity index (χ0) is 34.2. The Labute approximate surface area is 301 Å². The number of hydrogen-bond donors (Lipinski definition) is 0. The number of nitrogens with zero attached hydrogens (tertiary/aromatic N) is 1. The van der Waals surface area contributed by atoms with Crippen molar-refractivity contribution in [3.05, 3.63) is 210 Å². The fourth-order valence-electron chi connectivity index (χ4n) is 8.85. The van der Waals surface area contributed by atoms with Crippen molar-refractivity contribution in [1.29, 1.82) is 0 Å². The average molecular weight is 662 g/mol. The summed E-state index contributed by atoms with van der Waals surface area (Å²) in [5, 5.41) is 7.11. The molecular weight excluding hydrogens is 631 g/mol. The van der Waals surface area contributed by atoms with Crippen molar-refractivity contribution < 1.29 is 4.42 Å². The van der Waals surface area contributed by atoms with Gasteiger partial charge in [-0.15, -0.1) is 0 Å². The van der Waals surface area contributed by atoms with Crippen LogP contribution in [0.15, 0.2) is 192 Å². The van der Waals surface area contributed by atoms with Crippen LogP contribution in [0.3, 0.4) is 0 Å². The summed E-state index contributed by atoms with van der Waals surface area (Å²) in [6.07, 6.45) is 0. The van der Waals surface area contributed by atoms with Crippen LogP contribution >= 0.6 is 0 Å². The van der Waals surface area contributed by atoms with Crippen molar-refractivity contribution in [2.75, 3.05) is 0 Å². The number of hydrogen-bond acceptors (Lipinski definition) is 2. The van der Waals surface area contributed by atoms with E-state index in [-0.39, 0.29) is 0 Å². The van der Waals surface area contributed by atoms with Crippen LogP contribution in [0, 0.1) is 0 Å².